The average Bonchev–Trinajstić information content (AvgIpc) is 3.15. The summed E-state index contributed by atoms with van der Waals surface area (Å²) in [5.41, 5.74) is 11.2. The van der Waals surface area contributed by atoms with E-state index < -0.39 is 0 Å². The first-order valence-electron chi connectivity index (χ1n) is 9.31. The molecule has 3 rings (SSSR count). The Kier molecular flexibility index (Phi) is 5.91. The molecule has 0 aromatic heterocycles. The summed E-state index contributed by atoms with van der Waals surface area (Å²) in [5, 5.41) is 7.01. The summed E-state index contributed by atoms with van der Waals surface area (Å²) in [6, 6.07) is 9.59. The van der Waals surface area contributed by atoms with Gasteiger partial charge < -0.3 is 16.4 Å². The molecule has 0 aliphatic carbocycles. The van der Waals surface area contributed by atoms with Crippen LogP contribution in [0.1, 0.15) is 29.5 Å². The molecule has 2 aromatic carbocycles. The summed E-state index contributed by atoms with van der Waals surface area (Å²) in [6.45, 7) is 9.28. The molecular formula is C22H27FN4. The van der Waals surface area contributed by atoms with Gasteiger partial charge in [0.05, 0.1) is 0 Å². The fourth-order valence-electron chi connectivity index (χ4n) is 3.64. The maximum atomic E-state index is 14.5. The molecule has 4 N–H and O–H groups in total. The van der Waals surface area contributed by atoms with Crippen molar-refractivity contribution < 1.29 is 4.39 Å². The molecule has 142 valence electrons. The molecular weight excluding hydrogens is 339 g/mol. The third kappa shape index (κ3) is 4.37. The zero-order chi connectivity index (χ0) is 19.4. The third-order valence-corrected chi connectivity index (χ3v) is 5.07. The van der Waals surface area contributed by atoms with E-state index in [1.807, 2.05) is 38.1 Å². The van der Waals surface area contributed by atoms with Crippen LogP contribution in [0.3, 0.4) is 0 Å². The molecule has 5 heteroatoms. The minimum Gasteiger partial charge on any atom is -0.384 e. The van der Waals surface area contributed by atoms with Crippen LogP contribution in [-0.4, -0.2) is 25.8 Å². The van der Waals surface area contributed by atoms with E-state index >= 15 is 0 Å². The zero-order valence-electron chi connectivity index (χ0n) is 16.0. The van der Waals surface area contributed by atoms with Crippen molar-refractivity contribution in [3.8, 4) is 11.1 Å². The van der Waals surface area contributed by atoms with E-state index in [1.165, 1.54) is 12.5 Å². The quantitative estimate of drug-likeness (QED) is 0.671. The molecule has 1 aliphatic heterocycles. The minimum absolute atomic E-state index is 0.214. The van der Waals surface area contributed by atoms with Gasteiger partial charge in [0.1, 0.15) is 11.6 Å². The van der Waals surface area contributed by atoms with E-state index in [-0.39, 0.29) is 5.82 Å². The highest BCUT2D eigenvalue weighted by atomic mass is 19.1. The van der Waals surface area contributed by atoms with Gasteiger partial charge in [-0.1, -0.05) is 18.2 Å². The molecule has 0 unspecified atom stereocenters. The number of aryl methyl sites for hydroxylation is 2. The molecule has 1 fully saturated rings. The zero-order valence-corrected chi connectivity index (χ0v) is 16.0. The monoisotopic (exact) mass is 366 g/mol. The number of nitrogens with one attached hydrogen (secondary N) is 2. The van der Waals surface area contributed by atoms with Crippen molar-refractivity contribution in [2.24, 2.45) is 10.7 Å². The standard InChI is InChI=1S/C22H27FN4/c1-14-6-4-8-19(23)22(14)16-10-15(2)18(12-21(24)25-3)20(11-16)27-13-17-7-5-9-26-17/h4,6,8,10-12,17,26-27H,3,5,7,9,13,24H2,1-2H3/b21-12-/t17-/m0/s1. The van der Waals surface area contributed by atoms with Crippen LogP contribution in [0, 0.1) is 19.7 Å². The first kappa shape index (κ1) is 19.1. The van der Waals surface area contributed by atoms with Crippen LogP contribution in [0.15, 0.2) is 41.1 Å². The van der Waals surface area contributed by atoms with Crippen molar-refractivity contribution in [3.05, 3.63) is 58.7 Å². The van der Waals surface area contributed by atoms with E-state index in [1.54, 1.807) is 6.07 Å². The van der Waals surface area contributed by atoms with Gasteiger partial charge in [-0.25, -0.2) is 9.38 Å². The Morgan fingerprint density at radius 2 is 2.19 bits per heavy atom. The van der Waals surface area contributed by atoms with Crippen LogP contribution in [0.4, 0.5) is 10.1 Å². The van der Waals surface area contributed by atoms with Crippen LogP contribution in [0.5, 0.6) is 0 Å². The molecule has 1 aliphatic rings. The molecule has 0 amide bonds. The lowest BCUT2D eigenvalue weighted by Crippen LogP contribution is -2.29. The molecule has 2 aromatic rings. The highest BCUT2D eigenvalue weighted by molar-refractivity contribution is 5.79. The fourth-order valence-corrected chi connectivity index (χ4v) is 3.64. The summed E-state index contributed by atoms with van der Waals surface area (Å²) in [4.78, 5) is 3.80. The summed E-state index contributed by atoms with van der Waals surface area (Å²) in [5.74, 6) is 0.142. The van der Waals surface area contributed by atoms with Gasteiger partial charge in [-0.05, 0) is 74.9 Å². The van der Waals surface area contributed by atoms with Crippen LogP contribution in [-0.2, 0) is 0 Å². The normalized spacial score (nSPS) is 17.1. The topological polar surface area (TPSA) is 62.4 Å². The largest absolute Gasteiger partial charge is 0.384 e. The summed E-state index contributed by atoms with van der Waals surface area (Å²) < 4.78 is 14.5. The number of benzene rings is 2. The van der Waals surface area contributed by atoms with Crippen molar-refractivity contribution in [2.75, 3.05) is 18.4 Å². The second-order valence-corrected chi connectivity index (χ2v) is 7.09. The molecule has 4 nitrogen and oxygen atoms in total. The van der Waals surface area contributed by atoms with Gasteiger partial charge in [0.25, 0.3) is 0 Å². The van der Waals surface area contributed by atoms with Crippen molar-refractivity contribution in [2.45, 2.75) is 32.7 Å². The highest BCUT2D eigenvalue weighted by Crippen LogP contribution is 2.33. The minimum atomic E-state index is -0.214. The van der Waals surface area contributed by atoms with E-state index in [2.05, 4.69) is 22.3 Å². The number of rotatable bonds is 6. The van der Waals surface area contributed by atoms with Gasteiger partial charge in [0, 0.05) is 29.4 Å². The number of nitrogens with zero attached hydrogens (tertiary/aromatic N) is 1. The maximum absolute atomic E-state index is 14.5. The number of anilines is 1. The number of hydrogen-bond donors (Lipinski definition) is 3. The molecule has 0 saturated carbocycles. The summed E-state index contributed by atoms with van der Waals surface area (Å²) in [7, 11) is 0. The highest BCUT2D eigenvalue weighted by Gasteiger charge is 2.16. The summed E-state index contributed by atoms with van der Waals surface area (Å²) in [6.07, 6.45) is 4.16. The molecule has 0 radical (unpaired) electrons. The van der Waals surface area contributed by atoms with Gasteiger partial charge in [0.15, 0.2) is 0 Å². The van der Waals surface area contributed by atoms with E-state index in [0.717, 1.165) is 47.5 Å². The van der Waals surface area contributed by atoms with E-state index in [0.29, 0.717) is 17.4 Å². The van der Waals surface area contributed by atoms with Crippen molar-refractivity contribution in [1.29, 1.82) is 0 Å². The average molecular weight is 366 g/mol. The third-order valence-electron chi connectivity index (χ3n) is 5.07. The molecule has 1 heterocycles. The Morgan fingerprint density at radius 3 is 2.85 bits per heavy atom. The Bertz CT molecular complexity index is 847. The molecule has 27 heavy (non-hydrogen) atoms. The second-order valence-electron chi connectivity index (χ2n) is 7.09. The first-order chi connectivity index (χ1) is 13.0. The van der Waals surface area contributed by atoms with Gasteiger partial charge in [-0.15, -0.1) is 0 Å². The van der Waals surface area contributed by atoms with Gasteiger partial charge in [-0.3, -0.25) is 0 Å². The Morgan fingerprint density at radius 1 is 1.37 bits per heavy atom. The second kappa shape index (κ2) is 8.35. The van der Waals surface area contributed by atoms with Crippen LogP contribution in [0.25, 0.3) is 17.2 Å². The maximum Gasteiger partial charge on any atom is 0.131 e. The van der Waals surface area contributed by atoms with Crippen LogP contribution in [0.2, 0.25) is 0 Å². The predicted molar refractivity (Wildman–Crippen MR) is 113 cm³/mol. The number of halogens is 1. The Labute approximate surface area is 160 Å². The van der Waals surface area contributed by atoms with E-state index in [9.17, 15) is 4.39 Å². The van der Waals surface area contributed by atoms with Crippen molar-refractivity contribution >= 4 is 18.5 Å². The SMILES string of the molecule is C=N/C(N)=C\c1c(C)cc(-c2c(C)cccc2F)cc1NC[C@@H]1CCCN1. The lowest BCUT2D eigenvalue weighted by atomic mass is 9.94. The predicted octanol–water partition coefficient (Wildman–Crippen LogP) is 4.23. The van der Waals surface area contributed by atoms with Crippen molar-refractivity contribution in [1.82, 2.24) is 5.32 Å². The molecule has 0 spiro atoms. The lowest BCUT2D eigenvalue weighted by Gasteiger charge is -2.19. The molecule has 1 saturated heterocycles. The summed E-state index contributed by atoms with van der Waals surface area (Å²) >= 11 is 0. The number of aliphatic imine (C=N–C) groups is 1. The van der Waals surface area contributed by atoms with Crippen LogP contribution >= 0.6 is 0 Å². The Hall–Kier alpha value is -2.66. The number of nitrogens with two attached hydrogens (primary N) is 1. The Balaban J connectivity index is 2.05. The fraction of sp³-hybridized carbons (Fsp3) is 0.318. The number of hydrogen-bond acceptors (Lipinski definition) is 4. The van der Waals surface area contributed by atoms with Gasteiger partial charge in [0.2, 0.25) is 0 Å². The van der Waals surface area contributed by atoms with E-state index in [4.69, 9.17) is 5.73 Å². The van der Waals surface area contributed by atoms with Crippen LogP contribution < -0.4 is 16.4 Å². The van der Waals surface area contributed by atoms with Gasteiger partial charge in [-0.2, -0.15) is 0 Å². The molecule has 1 atom stereocenters. The molecule has 0 bridgehead atoms. The van der Waals surface area contributed by atoms with Crippen molar-refractivity contribution in [3.63, 3.8) is 0 Å². The smallest absolute Gasteiger partial charge is 0.131 e. The first-order valence-corrected chi connectivity index (χ1v) is 9.31. The van der Waals surface area contributed by atoms with Gasteiger partial charge >= 0.3 is 0 Å². The lowest BCUT2D eigenvalue weighted by molar-refractivity contribution is 0.630.